The third-order valence-corrected chi connectivity index (χ3v) is 29.5. The molecular formula is C63H122O9Si2. The summed E-state index contributed by atoms with van der Waals surface area (Å²) in [6.07, 6.45) is 26.7. The van der Waals surface area contributed by atoms with Gasteiger partial charge in [-0.15, -0.1) is 0 Å². The molecule has 0 spiro atoms. The van der Waals surface area contributed by atoms with Gasteiger partial charge in [0.15, 0.2) is 16.6 Å². The molecule has 0 radical (unpaired) electrons. The van der Waals surface area contributed by atoms with E-state index in [1.807, 2.05) is 41.5 Å². The van der Waals surface area contributed by atoms with Gasteiger partial charge in [-0.25, -0.2) is 4.79 Å². The van der Waals surface area contributed by atoms with E-state index < -0.39 is 27.8 Å². The van der Waals surface area contributed by atoms with Crippen LogP contribution >= 0.6 is 0 Å². The largest absolute Gasteiger partial charge is 0.466 e. The van der Waals surface area contributed by atoms with Gasteiger partial charge in [0.25, 0.3) is 0 Å². The number of ether oxygens (including phenoxy) is 2. The van der Waals surface area contributed by atoms with Gasteiger partial charge < -0.3 is 33.6 Å². The van der Waals surface area contributed by atoms with E-state index in [1.165, 1.54) is 64.2 Å². The Balaban J connectivity index is 0.000000475. The number of esters is 2. The van der Waals surface area contributed by atoms with E-state index in [1.54, 1.807) is 13.0 Å². The van der Waals surface area contributed by atoms with E-state index in [-0.39, 0.29) is 46.9 Å². The predicted molar refractivity (Wildman–Crippen MR) is 315 cm³/mol. The molecule has 0 aromatic heterocycles. The van der Waals surface area contributed by atoms with Crippen molar-refractivity contribution in [1.82, 2.24) is 0 Å². The first-order valence-corrected chi connectivity index (χ1v) is 35.7. The Morgan fingerprint density at radius 2 is 1.09 bits per heavy atom. The van der Waals surface area contributed by atoms with Crippen LogP contribution < -0.4 is 0 Å². The first-order valence-electron chi connectivity index (χ1n) is 29.8. The van der Waals surface area contributed by atoms with Crippen molar-refractivity contribution in [2.24, 2.45) is 51.2 Å². The number of aliphatic hydroxyl groups is 3. The van der Waals surface area contributed by atoms with Crippen LogP contribution in [0.2, 0.25) is 36.3 Å². The lowest BCUT2D eigenvalue weighted by atomic mass is 9.55. The second-order valence-corrected chi connectivity index (χ2v) is 38.7. The maximum atomic E-state index is 12.1. The third kappa shape index (κ3) is 18.2. The number of aliphatic hydroxyl groups excluding tert-OH is 1. The lowest BCUT2D eigenvalue weighted by Crippen LogP contribution is -2.51. The van der Waals surface area contributed by atoms with E-state index in [2.05, 4.69) is 94.6 Å². The molecule has 0 amide bonds. The van der Waals surface area contributed by atoms with Gasteiger partial charge in [-0.3, -0.25) is 4.79 Å². The fourth-order valence-electron chi connectivity index (χ4n) is 14.7. The zero-order valence-corrected chi connectivity index (χ0v) is 53.3. The summed E-state index contributed by atoms with van der Waals surface area (Å²) in [5.41, 5.74) is -0.246. The van der Waals surface area contributed by atoms with Gasteiger partial charge in [0.1, 0.15) is 0 Å². The van der Waals surface area contributed by atoms with Crippen molar-refractivity contribution in [3.8, 4) is 0 Å². The highest BCUT2D eigenvalue weighted by Crippen LogP contribution is 2.73. The minimum Gasteiger partial charge on any atom is -0.466 e. The van der Waals surface area contributed by atoms with Gasteiger partial charge in [0.05, 0.1) is 24.4 Å². The second kappa shape index (κ2) is 27.4. The van der Waals surface area contributed by atoms with Crippen molar-refractivity contribution >= 4 is 28.6 Å². The number of rotatable bonds is 22. The number of allylic oxidation sites excluding steroid dienone is 1. The molecule has 9 nitrogen and oxygen atoms in total. The molecular weight excluding hydrogens is 957 g/mol. The summed E-state index contributed by atoms with van der Waals surface area (Å²) in [6, 6.07) is 0. The third-order valence-electron chi connectivity index (χ3n) is 20.5. The molecule has 0 aromatic carbocycles. The number of hydrogen-bond donors (Lipinski definition) is 3. The normalized spacial score (nSPS) is 31.1. The molecule has 7 unspecified atom stereocenters. The fourth-order valence-corrected chi connectivity index (χ4v) is 17.5. The Kier molecular flexibility index (Phi) is 25.5. The van der Waals surface area contributed by atoms with E-state index in [9.17, 15) is 19.8 Å². The zero-order valence-electron chi connectivity index (χ0n) is 51.3. The highest BCUT2D eigenvalue weighted by molar-refractivity contribution is 6.74. The van der Waals surface area contributed by atoms with Crippen molar-refractivity contribution in [2.75, 3.05) is 19.8 Å². The molecule has 5 rings (SSSR count). The van der Waals surface area contributed by atoms with Crippen molar-refractivity contribution in [3.63, 3.8) is 0 Å². The molecule has 436 valence electrons. The van der Waals surface area contributed by atoms with Crippen LogP contribution in [-0.2, 0) is 27.9 Å². The molecule has 5 fully saturated rings. The summed E-state index contributed by atoms with van der Waals surface area (Å²) in [5, 5.41) is 28.8. The van der Waals surface area contributed by atoms with E-state index >= 15 is 0 Å². The predicted octanol–water partition coefficient (Wildman–Crippen LogP) is 16.6. The number of hydrogen-bond acceptors (Lipinski definition) is 9. The lowest BCUT2D eigenvalue weighted by Gasteiger charge is -2.52. The van der Waals surface area contributed by atoms with Crippen molar-refractivity contribution in [1.29, 1.82) is 0 Å². The van der Waals surface area contributed by atoms with Crippen LogP contribution in [0.5, 0.6) is 0 Å². The first kappa shape index (κ1) is 69.0. The van der Waals surface area contributed by atoms with Crippen LogP contribution in [-0.4, -0.2) is 87.1 Å². The number of fused-ring (bicyclic) bond motifs is 2. The van der Waals surface area contributed by atoms with Crippen LogP contribution in [0.15, 0.2) is 12.2 Å². The Labute approximate surface area is 459 Å². The molecule has 11 atom stereocenters. The number of carbonyl (C=O) groups excluding carboxylic acids is 2. The van der Waals surface area contributed by atoms with Crippen LogP contribution in [0.3, 0.4) is 0 Å². The average molecular weight is 1080 g/mol. The molecule has 0 heterocycles. The van der Waals surface area contributed by atoms with Gasteiger partial charge >= 0.3 is 11.9 Å². The smallest absolute Gasteiger partial charge is 0.330 e. The summed E-state index contributed by atoms with van der Waals surface area (Å²) in [5.74, 6) is 2.71. The minimum atomic E-state index is -1.82. The summed E-state index contributed by atoms with van der Waals surface area (Å²) in [4.78, 5) is 24.1. The van der Waals surface area contributed by atoms with Gasteiger partial charge in [-0.1, -0.05) is 101 Å². The Morgan fingerprint density at radius 1 is 0.635 bits per heavy atom. The lowest BCUT2D eigenvalue weighted by molar-refractivity contribution is -0.143. The van der Waals surface area contributed by atoms with Crippen LogP contribution in [0, 0.1) is 51.2 Å². The summed E-state index contributed by atoms with van der Waals surface area (Å²) in [6.45, 7) is 45.5. The Bertz CT molecular complexity index is 1740. The molecule has 5 aliphatic carbocycles. The quantitative estimate of drug-likeness (QED) is 0.0551. The second-order valence-electron chi connectivity index (χ2n) is 29.2. The van der Waals surface area contributed by atoms with Gasteiger partial charge in [-0.05, 0) is 232 Å². The summed E-state index contributed by atoms with van der Waals surface area (Å²) >= 11 is 0. The standard InChI is InChI=1S/C30H54O4Si.C30H58O4Si.C2H6O.CH4/c1-10-33-26(31)17-14-22-21-30(22,20-12-18-28(5,6)32)25-16-15-23-24(13-11-19-29(23,25)7)34-35(8,9)27(2,3)4;1-11-33-26(31)16-13-20-29(7,21-14-19-28(5,6)32)25-18-17-23-24(15-12-22-30(23,25)8)34-35(9,10)27(2,3)4;1-2-3;/h14,17,22-25,32H,10-13,15-16,18-21H2,1-9H3;23-25,32H,11-22H2,1-10H3;3H,2H2,1H3;1H4/t22?,23?,24-,25?,29-,30?;23?,24-,25?,29?,30-;;/m00../s1. The minimum absolute atomic E-state index is 0. The molecule has 3 N–H and O–H groups in total. The molecule has 5 aliphatic rings. The highest BCUT2D eigenvalue weighted by atomic mass is 28.4. The molecule has 74 heavy (non-hydrogen) atoms. The van der Waals surface area contributed by atoms with E-state index in [0.717, 1.165) is 57.8 Å². The molecule has 0 aromatic rings. The van der Waals surface area contributed by atoms with Crippen LogP contribution in [0.4, 0.5) is 0 Å². The summed E-state index contributed by atoms with van der Waals surface area (Å²) < 4.78 is 24.6. The highest BCUT2D eigenvalue weighted by Gasteiger charge is 2.66. The molecule has 0 aliphatic heterocycles. The van der Waals surface area contributed by atoms with Crippen LogP contribution in [0.25, 0.3) is 0 Å². The molecule has 0 saturated heterocycles. The maximum Gasteiger partial charge on any atom is 0.330 e. The monoisotopic (exact) mass is 1080 g/mol. The van der Waals surface area contributed by atoms with E-state index in [4.69, 9.17) is 23.4 Å². The van der Waals surface area contributed by atoms with Gasteiger partial charge in [-0.2, -0.15) is 0 Å². The molecule has 0 bridgehead atoms. The van der Waals surface area contributed by atoms with Gasteiger partial charge in [0, 0.05) is 31.3 Å². The first-order chi connectivity index (χ1) is 33.4. The SMILES string of the molecule is C.CCO.CCOC(=O)C=CC1CC1(CCCC(C)(C)O)C1CCC2[C@@H](O[Si](C)(C)C(C)(C)C)CCC[C@@]21C.CCOC(=O)CCCC(C)(CCCC(C)(C)O)C1CCC2[C@@H](O[Si](C)(C)C(C)(C)C)CCC[C@@]21C. The fraction of sp³-hybridized carbons (Fsp3) is 0.937. The topological polar surface area (TPSA) is 132 Å². The van der Waals surface area contributed by atoms with Crippen molar-refractivity contribution in [2.45, 2.75) is 306 Å². The molecule has 11 heteroatoms. The zero-order chi connectivity index (χ0) is 55.7. The van der Waals surface area contributed by atoms with Crippen molar-refractivity contribution < 1.29 is 43.2 Å². The Morgan fingerprint density at radius 3 is 1.58 bits per heavy atom. The summed E-state index contributed by atoms with van der Waals surface area (Å²) in [7, 11) is -3.63. The maximum absolute atomic E-state index is 12.1. The Hall–Kier alpha value is -1.09. The van der Waals surface area contributed by atoms with Crippen molar-refractivity contribution in [3.05, 3.63) is 12.2 Å². The molecule has 5 saturated carbocycles. The van der Waals surface area contributed by atoms with Crippen LogP contribution in [0.1, 0.15) is 247 Å². The number of carbonyl (C=O) groups is 2. The van der Waals surface area contributed by atoms with Gasteiger partial charge in [0.2, 0.25) is 0 Å². The average Bonchev–Trinajstić information content (AvgIpc) is 3.59. The van der Waals surface area contributed by atoms with E-state index in [0.29, 0.717) is 72.3 Å².